The van der Waals surface area contributed by atoms with E-state index >= 15 is 0 Å². The van der Waals surface area contributed by atoms with E-state index in [1.54, 1.807) is 0 Å². The van der Waals surface area contributed by atoms with Crippen molar-refractivity contribution in [1.82, 2.24) is 0 Å². The Kier molecular flexibility index (Phi) is 3.88. The van der Waals surface area contributed by atoms with E-state index in [-0.39, 0.29) is 34.9 Å². The highest BCUT2D eigenvalue weighted by Gasteiger charge is 2.60. The molecule has 1 N–H and O–H groups in total. The van der Waals surface area contributed by atoms with Crippen molar-refractivity contribution in [3.05, 3.63) is 23.8 Å². The van der Waals surface area contributed by atoms with Gasteiger partial charge in [0.05, 0.1) is 0 Å². The third-order valence-corrected chi connectivity index (χ3v) is 8.47. The molecule has 4 rings (SSSR count). The monoisotopic (exact) mass is 342 g/mol. The molecule has 3 heteroatoms. The molecule has 0 aliphatic heterocycles. The SMILES string of the molecule is C=C1C[C@H]2[C@@H]3CC[C@H](C(=O)CO)[C@@]3(C)CC[C@@H]2[C@@]2(C)CCC(=O)C=C12. The second-order valence-corrected chi connectivity index (χ2v) is 9.43. The van der Waals surface area contributed by atoms with E-state index < -0.39 is 0 Å². The zero-order valence-electron chi connectivity index (χ0n) is 15.5. The molecule has 3 saturated carbocycles. The Morgan fingerprint density at radius 1 is 1.24 bits per heavy atom. The Hall–Kier alpha value is -1.22. The molecule has 4 aliphatic rings. The minimum absolute atomic E-state index is 0.0226. The lowest BCUT2D eigenvalue weighted by molar-refractivity contribution is -0.132. The third-order valence-electron chi connectivity index (χ3n) is 8.47. The van der Waals surface area contributed by atoms with Gasteiger partial charge in [-0.1, -0.05) is 26.0 Å². The van der Waals surface area contributed by atoms with E-state index in [1.165, 1.54) is 5.57 Å². The van der Waals surface area contributed by atoms with Crippen molar-refractivity contribution in [1.29, 1.82) is 0 Å². The number of allylic oxidation sites excluding steroid dienone is 2. The predicted molar refractivity (Wildman–Crippen MR) is 96.8 cm³/mol. The number of aliphatic hydroxyl groups excluding tert-OH is 1. The maximum atomic E-state index is 12.3. The van der Waals surface area contributed by atoms with Crippen LogP contribution in [0.1, 0.15) is 58.8 Å². The number of hydrogen-bond acceptors (Lipinski definition) is 3. The van der Waals surface area contributed by atoms with Gasteiger partial charge < -0.3 is 5.11 Å². The van der Waals surface area contributed by atoms with Crippen LogP contribution in [0.25, 0.3) is 0 Å². The molecule has 0 spiro atoms. The number of carbonyl (C=O) groups is 2. The fourth-order valence-electron chi connectivity index (χ4n) is 7.20. The first kappa shape index (κ1) is 17.2. The van der Waals surface area contributed by atoms with Crippen LogP contribution in [-0.4, -0.2) is 23.3 Å². The molecule has 0 bridgehead atoms. The van der Waals surface area contributed by atoms with Crippen LogP contribution >= 0.6 is 0 Å². The summed E-state index contributed by atoms with van der Waals surface area (Å²) in [6, 6.07) is 0. The number of aliphatic hydroxyl groups is 1. The van der Waals surface area contributed by atoms with Gasteiger partial charge in [-0.15, -0.1) is 0 Å². The van der Waals surface area contributed by atoms with Crippen molar-refractivity contribution in [2.45, 2.75) is 58.8 Å². The largest absolute Gasteiger partial charge is 0.389 e. The summed E-state index contributed by atoms with van der Waals surface area (Å²) in [5.74, 6) is 2.01. The molecule has 0 unspecified atom stereocenters. The van der Waals surface area contributed by atoms with Crippen LogP contribution < -0.4 is 0 Å². The van der Waals surface area contributed by atoms with Gasteiger partial charge in [-0.25, -0.2) is 0 Å². The lowest BCUT2D eigenvalue weighted by Gasteiger charge is -2.58. The summed E-state index contributed by atoms with van der Waals surface area (Å²) >= 11 is 0. The van der Waals surface area contributed by atoms with Crippen molar-refractivity contribution < 1.29 is 14.7 Å². The minimum Gasteiger partial charge on any atom is -0.389 e. The van der Waals surface area contributed by atoms with Gasteiger partial charge in [0.25, 0.3) is 0 Å². The first-order valence-corrected chi connectivity index (χ1v) is 9.88. The molecule has 3 nitrogen and oxygen atoms in total. The molecule has 0 amide bonds. The molecule has 136 valence electrons. The standard InChI is InChI=1S/C22H30O3/c1-13-10-15-16-4-5-18(20(25)12-23)21(16,2)9-7-17(15)22(3)8-6-14(24)11-19(13)22/h11,15-18,23H,1,4-10,12H2,2-3H3/t15-,16-,17-,18+,21-,22+/m0/s1. The zero-order chi connectivity index (χ0) is 18.0. The van der Waals surface area contributed by atoms with Crippen molar-refractivity contribution in [2.75, 3.05) is 6.61 Å². The summed E-state index contributed by atoms with van der Waals surface area (Å²) in [6.45, 7) is 8.67. The van der Waals surface area contributed by atoms with Crippen LogP contribution in [0.4, 0.5) is 0 Å². The molecule has 0 heterocycles. The zero-order valence-corrected chi connectivity index (χ0v) is 15.5. The first-order valence-electron chi connectivity index (χ1n) is 9.88. The molecule has 3 fully saturated rings. The van der Waals surface area contributed by atoms with Crippen molar-refractivity contribution in [3.8, 4) is 0 Å². The quantitative estimate of drug-likeness (QED) is 0.829. The van der Waals surface area contributed by atoms with E-state index in [9.17, 15) is 14.7 Å². The number of carbonyl (C=O) groups excluding carboxylic acids is 2. The van der Waals surface area contributed by atoms with E-state index in [0.717, 1.165) is 44.1 Å². The third kappa shape index (κ3) is 2.27. The summed E-state index contributed by atoms with van der Waals surface area (Å²) in [4.78, 5) is 24.3. The molecule has 0 aromatic heterocycles. The fourth-order valence-corrected chi connectivity index (χ4v) is 7.20. The number of hydrogen-bond donors (Lipinski definition) is 1. The molecule has 0 saturated heterocycles. The van der Waals surface area contributed by atoms with E-state index in [1.807, 2.05) is 6.08 Å². The van der Waals surface area contributed by atoms with Gasteiger partial charge in [-0.05, 0) is 78.8 Å². The highest BCUT2D eigenvalue weighted by atomic mass is 16.3. The Bertz CT molecular complexity index is 675. The van der Waals surface area contributed by atoms with Gasteiger partial charge in [0.1, 0.15) is 6.61 Å². The van der Waals surface area contributed by atoms with Crippen LogP contribution in [0.5, 0.6) is 0 Å². The van der Waals surface area contributed by atoms with Gasteiger partial charge >= 0.3 is 0 Å². The van der Waals surface area contributed by atoms with E-state index in [0.29, 0.717) is 24.2 Å². The van der Waals surface area contributed by atoms with Crippen molar-refractivity contribution in [3.63, 3.8) is 0 Å². The topological polar surface area (TPSA) is 54.4 Å². The fraction of sp³-hybridized carbons (Fsp3) is 0.727. The average molecular weight is 342 g/mol. The Morgan fingerprint density at radius 3 is 2.72 bits per heavy atom. The molecular formula is C22H30O3. The summed E-state index contributed by atoms with van der Waals surface area (Å²) in [5, 5.41) is 9.39. The van der Waals surface area contributed by atoms with Crippen LogP contribution in [0, 0.1) is 34.5 Å². The van der Waals surface area contributed by atoms with Gasteiger partial charge in [0.2, 0.25) is 0 Å². The van der Waals surface area contributed by atoms with Crippen molar-refractivity contribution >= 4 is 11.6 Å². The molecule has 25 heavy (non-hydrogen) atoms. The summed E-state index contributed by atoms with van der Waals surface area (Å²) < 4.78 is 0. The summed E-state index contributed by atoms with van der Waals surface area (Å²) in [5.41, 5.74) is 2.48. The molecular weight excluding hydrogens is 312 g/mol. The number of Topliss-reactive ketones (excluding diaryl/α,β-unsaturated/α-hetero) is 1. The van der Waals surface area contributed by atoms with Gasteiger partial charge in [0.15, 0.2) is 11.6 Å². The average Bonchev–Trinajstić information content (AvgIpc) is 2.93. The lowest BCUT2D eigenvalue weighted by atomic mass is 9.46. The van der Waals surface area contributed by atoms with E-state index in [2.05, 4.69) is 20.4 Å². The minimum atomic E-state index is -0.319. The van der Waals surface area contributed by atoms with Gasteiger partial charge in [-0.2, -0.15) is 0 Å². The van der Waals surface area contributed by atoms with Crippen molar-refractivity contribution in [2.24, 2.45) is 34.5 Å². The molecule has 0 aromatic rings. The Labute approximate surface area is 150 Å². The van der Waals surface area contributed by atoms with Gasteiger partial charge in [-0.3, -0.25) is 9.59 Å². The lowest BCUT2D eigenvalue weighted by Crippen LogP contribution is -2.51. The molecule has 6 atom stereocenters. The predicted octanol–water partition coefficient (Wildman–Crippen LogP) is 3.86. The highest BCUT2D eigenvalue weighted by Crippen LogP contribution is 2.67. The molecule has 0 radical (unpaired) electrons. The maximum Gasteiger partial charge on any atom is 0.161 e. The smallest absolute Gasteiger partial charge is 0.161 e. The second kappa shape index (κ2) is 5.64. The van der Waals surface area contributed by atoms with Crippen LogP contribution in [0.2, 0.25) is 0 Å². The summed E-state index contributed by atoms with van der Waals surface area (Å²) in [6.07, 6.45) is 8.66. The van der Waals surface area contributed by atoms with Crippen LogP contribution in [0.15, 0.2) is 23.8 Å². The number of fused-ring (bicyclic) bond motifs is 5. The molecule has 4 aliphatic carbocycles. The summed E-state index contributed by atoms with van der Waals surface area (Å²) in [7, 11) is 0. The highest BCUT2D eigenvalue weighted by molar-refractivity contribution is 5.92. The first-order chi connectivity index (χ1) is 11.8. The Balaban J connectivity index is 1.70. The number of ketones is 2. The number of rotatable bonds is 2. The van der Waals surface area contributed by atoms with Gasteiger partial charge in [0, 0.05) is 12.3 Å². The van der Waals surface area contributed by atoms with E-state index in [4.69, 9.17) is 0 Å². The normalized spacial score (nSPS) is 46.1. The molecule has 0 aromatic carbocycles. The Morgan fingerprint density at radius 2 is 2.00 bits per heavy atom. The second-order valence-electron chi connectivity index (χ2n) is 9.43. The maximum absolute atomic E-state index is 12.3. The van der Waals surface area contributed by atoms with Crippen LogP contribution in [-0.2, 0) is 9.59 Å². The van der Waals surface area contributed by atoms with Crippen LogP contribution in [0.3, 0.4) is 0 Å².